The van der Waals surface area contributed by atoms with E-state index in [1.165, 1.54) is 0 Å². The van der Waals surface area contributed by atoms with Crippen molar-refractivity contribution in [2.45, 2.75) is 6.42 Å². The fourth-order valence-electron chi connectivity index (χ4n) is 2.85. The van der Waals surface area contributed by atoms with Gasteiger partial charge in [0, 0.05) is 31.1 Å². The van der Waals surface area contributed by atoms with Gasteiger partial charge in [-0.25, -0.2) is 0 Å². The number of carbonyl (C=O) groups is 2. The van der Waals surface area contributed by atoms with Crippen LogP contribution in [0.1, 0.15) is 4.88 Å². The van der Waals surface area contributed by atoms with Crippen molar-refractivity contribution in [3.63, 3.8) is 0 Å². The Bertz CT molecular complexity index is 740. The van der Waals surface area contributed by atoms with Gasteiger partial charge in [-0.1, -0.05) is 18.2 Å². The van der Waals surface area contributed by atoms with Crippen LogP contribution >= 0.6 is 11.3 Å². The summed E-state index contributed by atoms with van der Waals surface area (Å²) in [5.74, 6) is 1.18. The third-order valence-corrected chi connectivity index (χ3v) is 5.19. The number of ether oxygens (including phenoxy) is 2. The second-order valence-electron chi connectivity index (χ2n) is 5.96. The van der Waals surface area contributed by atoms with E-state index in [9.17, 15) is 9.59 Å². The summed E-state index contributed by atoms with van der Waals surface area (Å²) in [5, 5.41) is 1.97. The van der Waals surface area contributed by atoms with E-state index in [0.717, 1.165) is 4.88 Å². The number of methoxy groups -OCH3 is 1. The molecule has 1 aromatic heterocycles. The highest BCUT2D eigenvalue weighted by molar-refractivity contribution is 7.10. The van der Waals surface area contributed by atoms with Crippen molar-refractivity contribution in [2.24, 2.45) is 0 Å². The molecule has 3 rings (SSSR count). The molecule has 1 saturated heterocycles. The third kappa shape index (κ3) is 4.54. The molecule has 0 atom stereocenters. The molecule has 0 aliphatic carbocycles. The van der Waals surface area contributed by atoms with Gasteiger partial charge < -0.3 is 19.3 Å². The van der Waals surface area contributed by atoms with E-state index in [-0.39, 0.29) is 18.4 Å². The number of piperazine rings is 1. The van der Waals surface area contributed by atoms with Crippen molar-refractivity contribution >= 4 is 23.2 Å². The molecule has 1 fully saturated rings. The zero-order valence-electron chi connectivity index (χ0n) is 14.7. The molecule has 7 heteroatoms. The number of rotatable bonds is 6. The van der Waals surface area contributed by atoms with E-state index in [1.54, 1.807) is 35.5 Å². The summed E-state index contributed by atoms with van der Waals surface area (Å²) >= 11 is 1.59. The molecule has 138 valence electrons. The van der Waals surface area contributed by atoms with Crippen LogP contribution in [0.15, 0.2) is 41.8 Å². The van der Waals surface area contributed by atoms with Crippen molar-refractivity contribution in [3.05, 3.63) is 46.7 Å². The average Bonchev–Trinajstić information content (AvgIpc) is 3.19. The van der Waals surface area contributed by atoms with Gasteiger partial charge in [-0.2, -0.15) is 0 Å². The van der Waals surface area contributed by atoms with Crippen LogP contribution in [0.25, 0.3) is 0 Å². The Labute approximate surface area is 156 Å². The first kappa shape index (κ1) is 18.3. The molecule has 0 unspecified atom stereocenters. The Morgan fingerprint density at radius 3 is 2.23 bits per heavy atom. The molecule has 2 heterocycles. The molecule has 0 N–H and O–H groups in total. The Morgan fingerprint density at radius 2 is 1.62 bits per heavy atom. The molecule has 26 heavy (non-hydrogen) atoms. The highest BCUT2D eigenvalue weighted by Crippen LogP contribution is 2.25. The van der Waals surface area contributed by atoms with Crippen LogP contribution in [0.2, 0.25) is 0 Å². The quantitative estimate of drug-likeness (QED) is 0.777. The van der Waals surface area contributed by atoms with Gasteiger partial charge in [-0.3, -0.25) is 9.59 Å². The zero-order valence-corrected chi connectivity index (χ0v) is 15.5. The van der Waals surface area contributed by atoms with Crippen LogP contribution in [0, 0.1) is 0 Å². The number of hydrogen-bond donors (Lipinski definition) is 0. The van der Waals surface area contributed by atoms with Gasteiger partial charge in [0.15, 0.2) is 18.1 Å². The van der Waals surface area contributed by atoms with E-state index in [4.69, 9.17) is 9.47 Å². The molecule has 6 nitrogen and oxygen atoms in total. The first-order valence-corrected chi connectivity index (χ1v) is 9.39. The monoisotopic (exact) mass is 374 g/mol. The van der Waals surface area contributed by atoms with Crippen molar-refractivity contribution in [2.75, 3.05) is 39.9 Å². The maximum Gasteiger partial charge on any atom is 0.260 e. The van der Waals surface area contributed by atoms with Crippen LogP contribution in [0.4, 0.5) is 0 Å². The topological polar surface area (TPSA) is 59.1 Å². The number of hydrogen-bond acceptors (Lipinski definition) is 5. The van der Waals surface area contributed by atoms with E-state index < -0.39 is 0 Å². The van der Waals surface area contributed by atoms with Crippen LogP contribution in [0.5, 0.6) is 11.5 Å². The minimum absolute atomic E-state index is 0.0382. The predicted octanol–water partition coefficient (Wildman–Crippen LogP) is 2.05. The van der Waals surface area contributed by atoms with Gasteiger partial charge in [0.1, 0.15) is 0 Å². The van der Waals surface area contributed by atoms with Gasteiger partial charge in [0.25, 0.3) is 5.91 Å². The van der Waals surface area contributed by atoms with E-state index in [1.807, 2.05) is 34.5 Å². The normalized spacial score (nSPS) is 14.2. The van der Waals surface area contributed by atoms with Gasteiger partial charge in [-0.15, -0.1) is 11.3 Å². The lowest BCUT2D eigenvalue weighted by atomic mass is 10.2. The molecule has 1 aliphatic heterocycles. The summed E-state index contributed by atoms with van der Waals surface area (Å²) in [6, 6.07) is 11.2. The van der Waals surface area contributed by atoms with Crippen LogP contribution in [-0.2, 0) is 16.0 Å². The lowest BCUT2D eigenvalue weighted by Crippen LogP contribution is -2.51. The second kappa shape index (κ2) is 8.71. The Morgan fingerprint density at radius 1 is 0.962 bits per heavy atom. The SMILES string of the molecule is COc1ccccc1OCC(=O)N1CCN(C(=O)Cc2cccs2)CC1. The molecule has 0 bridgehead atoms. The van der Waals surface area contributed by atoms with E-state index in [2.05, 4.69) is 0 Å². The predicted molar refractivity (Wildman–Crippen MR) is 99.7 cm³/mol. The Balaban J connectivity index is 1.45. The van der Waals surface area contributed by atoms with Gasteiger partial charge in [0.2, 0.25) is 5.91 Å². The lowest BCUT2D eigenvalue weighted by Gasteiger charge is -2.34. The van der Waals surface area contributed by atoms with Crippen LogP contribution in [0.3, 0.4) is 0 Å². The van der Waals surface area contributed by atoms with Crippen molar-refractivity contribution < 1.29 is 19.1 Å². The third-order valence-electron chi connectivity index (χ3n) is 4.31. The fourth-order valence-corrected chi connectivity index (χ4v) is 3.54. The summed E-state index contributed by atoms with van der Waals surface area (Å²) in [5.41, 5.74) is 0. The molecular weight excluding hydrogens is 352 g/mol. The Kier molecular flexibility index (Phi) is 6.12. The first-order chi connectivity index (χ1) is 12.7. The summed E-state index contributed by atoms with van der Waals surface area (Å²) < 4.78 is 10.8. The number of thiophene rings is 1. The van der Waals surface area contributed by atoms with Gasteiger partial charge in [-0.05, 0) is 23.6 Å². The van der Waals surface area contributed by atoms with Gasteiger partial charge in [0.05, 0.1) is 13.5 Å². The fraction of sp³-hybridized carbons (Fsp3) is 0.368. The van der Waals surface area contributed by atoms with Crippen molar-refractivity contribution in [1.82, 2.24) is 9.80 Å². The molecule has 2 amide bonds. The molecule has 0 saturated carbocycles. The molecule has 0 spiro atoms. The minimum atomic E-state index is -0.0822. The highest BCUT2D eigenvalue weighted by atomic mass is 32.1. The maximum absolute atomic E-state index is 12.4. The molecule has 1 aliphatic rings. The number of amides is 2. The zero-order chi connectivity index (χ0) is 18.4. The van der Waals surface area contributed by atoms with Crippen LogP contribution in [-0.4, -0.2) is 61.5 Å². The highest BCUT2D eigenvalue weighted by Gasteiger charge is 2.24. The number of benzene rings is 1. The average molecular weight is 374 g/mol. The minimum Gasteiger partial charge on any atom is -0.493 e. The number of nitrogens with zero attached hydrogens (tertiary/aromatic N) is 2. The maximum atomic E-state index is 12.4. The van der Waals surface area contributed by atoms with Gasteiger partial charge >= 0.3 is 0 Å². The second-order valence-corrected chi connectivity index (χ2v) is 6.99. The molecule has 2 aromatic rings. The van der Waals surface area contributed by atoms with Crippen LogP contribution < -0.4 is 9.47 Å². The Hall–Kier alpha value is -2.54. The summed E-state index contributed by atoms with van der Waals surface area (Å²) in [7, 11) is 1.57. The first-order valence-electron chi connectivity index (χ1n) is 8.51. The molecular formula is C19H22N2O4S. The molecule has 1 aromatic carbocycles. The number of carbonyl (C=O) groups excluding carboxylic acids is 2. The standard InChI is InChI=1S/C19H22N2O4S/c1-24-16-6-2-3-7-17(16)25-14-19(23)21-10-8-20(9-11-21)18(22)13-15-5-4-12-26-15/h2-7,12H,8-11,13-14H2,1H3. The summed E-state index contributed by atoms with van der Waals surface area (Å²) in [6.07, 6.45) is 0.433. The lowest BCUT2D eigenvalue weighted by molar-refractivity contribution is -0.140. The van der Waals surface area contributed by atoms with Crippen molar-refractivity contribution in [3.8, 4) is 11.5 Å². The summed E-state index contributed by atoms with van der Waals surface area (Å²) in [4.78, 5) is 29.3. The largest absolute Gasteiger partial charge is 0.493 e. The number of para-hydroxylation sites is 2. The van der Waals surface area contributed by atoms with Crippen molar-refractivity contribution in [1.29, 1.82) is 0 Å². The molecule has 0 radical (unpaired) electrons. The smallest absolute Gasteiger partial charge is 0.260 e. The summed E-state index contributed by atoms with van der Waals surface area (Å²) in [6.45, 7) is 2.15. The van der Waals surface area contributed by atoms with E-state index >= 15 is 0 Å². The van der Waals surface area contributed by atoms with E-state index in [0.29, 0.717) is 44.1 Å².